The van der Waals surface area contributed by atoms with Crippen molar-refractivity contribution in [1.29, 1.82) is 0 Å². The third-order valence-electron chi connectivity index (χ3n) is 3.39. The molecule has 0 bridgehead atoms. The van der Waals surface area contributed by atoms with Crippen LogP contribution in [0, 0.1) is 5.82 Å². The maximum absolute atomic E-state index is 13.4. The summed E-state index contributed by atoms with van der Waals surface area (Å²) in [5.74, 6) is -2.92. The first-order chi connectivity index (χ1) is 12.7. The monoisotopic (exact) mass is 398 g/mol. The maximum Gasteiger partial charge on any atom is 0.338 e. The molecule has 9 nitrogen and oxygen atoms in total. The van der Waals surface area contributed by atoms with Crippen molar-refractivity contribution >= 4 is 21.9 Å². The van der Waals surface area contributed by atoms with Crippen LogP contribution in [0.4, 0.5) is 4.39 Å². The van der Waals surface area contributed by atoms with Crippen molar-refractivity contribution in [2.45, 2.75) is 4.90 Å². The molecule has 0 atom stereocenters. The summed E-state index contributed by atoms with van der Waals surface area (Å²) in [5, 5.41) is 8.87. The van der Waals surface area contributed by atoms with Gasteiger partial charge in [-0.2, -0.15) is 0 Å². The third-order valence-corrected chi connectivity index (χ3v) is 4.64. The highest BCUT2D eigenvalue weighted by Gasteiger charge is 2.20. The molecule has 0 unspecified atom stereocenters. The van der Waals surface area contributed by atoms with E-state index in [1.54, 1.807) is 0 Å². The molecule has 0 aliphatic rings. The van der Waals surface area contributed by atoms with E-state index in [2.05, 4.69) is 0 Å². The molecule has 0 saturated carbocycles. The van der Waals surface area contributed by atoms with Gasteiger partial charge < -0.3 is 14.6 Å². The normalized spacial score (nSPS) is 10.9. The summed E-state index contributed by atoms with van der Waals surface area (Å²) < 4.78 is 47.9. The Morgan fingerprint density at radius 2 is 1.63 bits per heavy atom. The molecule has 0 aliphatic heterocycles. The molecule has 0 fully saturated rings. The molecule has 1 amide bonds. The topological polar surface area (TPSA) is 131 Å². The second-order valence-electron chi connectivity index (χ2n) is 5.11. The first kappa shape index (κ1) is 20.1. The Labute approximate surface area is 153 Å². The van der Waals surface area contributed by atoms with E-state index in [4.69, 9.17) is 14.6 Å². The summed E-state index contributed by atoms with van der Waals surface area (Å²) in [7, 11) is -1.58. The van der Waals surface area contributed by atoms with E-state index >= 15 is 0 Å². The minimum Gasteiger partial charge on any atom is -0.497 e. The van der Waals surface area contributed by atoms with Gasteiger partial charge in [-0.05, 0) is 30.3 Å². The van der Waals surface area contributed by atoms with Crippen LogP contribution in [0.25, 0.3) is 0 Å². The van der Waals surface area contributed by atoms with Crippen molar-refractivity contribution in [3.05, 3.63) is 53.3 Å². The number of aromatic carboxylic acids is 1. The average molecular weight is 398 g/mol. The third kappa shape index (κ3) is 4.71. The van der Waals surface area contributed by atoms with Gasteiger partial charge in [0.05, 0.1) is 24.7 Å². The van der Waals surface area contributed by atoms with Gasteiger partial charge in [-0.3, -0.25) is 10.2 Å². The lowest BCUT2D eigenvalue weighted by Gasteiger charge is -2.11. The van der Waals surface area contributed by atoms with Gasteiger partial charge in [0.2, 0.25) is 0 Å². The van der Waals surface area contributed by atoms with Crippen molar-refractivity contribution in [2.75, 3.05) is 14.2 Å². The zero-order valence-corrected chi connectivity index (χ0v) is 15.0. The number of hydrogen-bond acceptors (Lipinski definition) is 6. The van der Waals surface area contributed by atoms with Gasteiger partial charge in [0.25, 0.3) is 15.9 Å². The molecule has 0 heterocycles. The zero-order chi connectivity index (χ0) is 20.2. The van der Waals surface area contributed by atoms with Gasteiger partial charge in [-0.1, -0.05) is 0 Å². The van der Waals surface area contributed by atoms with Crippen LogP contribution in [0.3, 0.4) is 0 Å². The minimum atomic E-state index is -4.34. The number of hydrazine groups is 1. The molecule has 3 N–H and O–H groups in total. The fourth-order valence-electron chi connectivity index (χ4n) is 2.02. The molecular weight excluding hydrogens is 383 g/mol. The molecule has 2 aromatic rings. The number of carbonyl (C=O) groups excluding carboxylic acids is 1. The fraction of sp³-hybridized carbons (Fsp3) is 0.125. The number of methoxy groups -OCH3 is 2. The Hall–Kier alpha value is -3.18. The number of halogens is 1. The number of carbonyl (C=O) groups is 2. The van der Waals surface area contributed by atoms with Gasteiger partial charge in [-0.15, -0.1) is 4.83 Å². The first-order valence-corrected chi connectivity index (χ1v) is 8.74. The first-order valence-electron chi connectivity index (χ1n) is 7.26. The Morgan fingerprint density at radius 1 is 1.04 bits per heavy atom. The molecule has 2 aromatic carbocycles. The average Bonchev–Trinajstić information content (AvgIpc) is 2.65. The Morgan fingerprint density at radius 3 is 2.15 bits per heavy atom. The van der Waals surface area contributed by atoms with Crippen molar-refractivity contribution in [3.63, 3.8) is 0 Å². The highest BCUT2D eigenvalue weighted by atomic mass is 32.2. The molecule has 11 heteroatoms. The van der Waals surface area contributed by atoms with Crippen LogP contribution in [-0.2, 0) is 10.0 Å². The lowest BCUT2D eigenvalue weighted by Crippen LogP contribution is -2.41. The van der Waals surface area contributed by atoms with Gasteiger partial charge in [0.1, 0.15) is 17.3 Å². The Kier molecular flexibility index (Phi) is 5.98. The van der Waals surface area contributed by atoms with Crippen LogP contribution in [0.2, 0.25) is 0 Å². The summed E-state index contributed by atoms with van der Waals surface area (Å²) in [6, 6.07) is 6.43. The van der Waals surface area contributed by atoms with Crippen LogP contribution in [0.15, 0.2) is 41.3 Å². The smallest absolute Gasteiger partial charge is 0.338 e. The van der Waals surface area contributed by atoms with Crippen LogP contribution in [-0.4, -0.2) is 39.6 Å². The quantitative estimate of drug-likeness (QED) is 0.597. The van der Waals surface area contributed by atoms with Crippen LogP contribution in [0.5, 0.6) is 11.5 Å². The lowest BCUT2D eigenvalue weighted by atomic mass is 10.2. The number of carboxylic acids is 1. The van der Waals surface area contributed by atoms with Crippen molar-refractivity contribution in [2.24, 2.45) is 0 Å². The largest absolute Gasteiger partial charge is 0.497 e. The molecule has 0 spiro atoms. The predicted molar refractivity (Wildman–Crippen MR) is 90.7 cm³/mol. The van der Waals surface area contributed by atoms with E-state index in [0.717, 1.165) is 6.07 Å². The second kappa shape index (κ2) is 8.01. The summed E-state index contributed by atoms with van der Waals surface area (Å²) in [6.45, 7) is 0. The lowest BCUT2D eigenvalue weighted by molar-refractivity contribution is 0.0691. The van der Waals surface area contributed by atoms with Gasteiger partial charge in [-0.25, -0.2) is 17.6 Å². The van der Waals surface area contributed by atoms with Crippen LogP contribution in [0.1, 0.15) is 20.7 Å². The number of hydrogen-bond donors (Lipinski definition) is 3. The number of carboxylic acid groups (broad SMARTS) is 1. The van der Waals surface area contributed by atoms with Gasteiger partial charge in [0.15, 0.2) is 0 Å². The number of benzene rings is 2. The maximum atomic E-state index is 13.4. The number of nitrogens with one attached hydrogen (secondary N) is 2. The molecular formula is C16H15FN2O7S. The standard InChI is InChI=1S/C16H15FN2O7S/c1-25-10-5-9(6-11(7-10)26-2)15(20)18-19-27(23,24)12-3-4-14(17)13(8-12)16(21)22/h3-8,19H,1-2H3,(H,18,20)(H,21,22). The summed E-state index contributed by atoms with van der Waals surface area (Å²) in [6.07, 6.45) is 0. The second-order valence-corrected chi connectivity index (χ2v) is 6.79. The van der Waals surface area contributed by atoms with Crippen molar-refractivity contribution in [3.8, 4) is 11.5 Å². The molecule has 0 aliphatic carbocycles. The SMILES string of the molecule is COc1cc(OC)cc(C(=O)NNS(=O)(=O)c2ccc(F)c(C(=O)O)c2)c1. The van der Waals surface area contributed by atoms with E-state index in [1.807, 2.05) is 10.3 Å². The van der Waals surface area contributed by atoms with Crippen molar-refractivity contribution < 1.29 is 37.0 Å². The Bertz CT molecular complexity index is 970. The summed E-state index contributed by atoms with van der Waals surface area (Å²) in [5.41, 5.74) is 1.20. The molecule has 0 aromatic heterocycles. The highest BCUT2D eigenvalue weighted by Crippen LogP contribution is 2.22. The van der Waals surface area contributed by atoms with E-state index in [9.17, 15) is 22.4 Å². The summed E-state index contributed by atoms with van der Waals surface area (Å²) >= 11 is 0. The van der Waals surface area contributed by atoms with Crippen LogP contribution < -0.4 is 19.7 Å². The summed E-state index contributed by atoms with van der Waals surface area (Å²) in [4.78, 5) is 24.4. The predicted octanol–water partition coefficient (Wildman–Crippen LogP) is 1.16. The highest BCUT2D eigenvalue weighted by molar-refractivity contribution is 7.89. The number of amides is 1. The van der Waals surface area contributed by atoms with E-state index in [1.165, 1.54) is 32.4 Å². The van der Waals surface area contributed by atoms with Crippen LogP contribution >= 0.6 is 0 Å². The van der Waals surface area contributed by atoms with E-state index in [-0.39, 0.29) is 5.56 Å². The van der Waals surface area contributed by atoms with E-state index < -0.39 is 38.2 Å². The molecule has 0 saturated heterocycles. The molecule has 27 heavy (non-hydrogen) atoms. The van der Waals surface area contributed by atoms with Gasteiger partial charge >= 0.3 is 5.97 Å². The van der Waals surface area contributed by atoms with E-state index in [0.29, 0.717) is 23.6 Å². The minimum absolute atomic E-state index is 0.0410. The molecule has 0 radical (unpaired) electrons. The van der Waals surface area contributed by atoms with Gasteiger partial charge in [0, 0.05) is 11.6 Å². The zero-order valence-electron chi connectivity index (χ0n) is 14.1. The van der Waals surface area contributed by atoms with Crippen molar-refractivity contribution in [1.82, 2.24) is 10.3 Å². The molecule has 2 rings (SSSR count). The Balaban J connectivity index is 2.21. The molecule has 144 valence electrons. The number of ether oxygens (including phenoxy) is 2. The number of sulfonamides is 1. The fourth-order valence-corrected chi connectivity index (χ4v) is 2.88. The number of rotatable bonds is 7.